The Morgan fingerprint density at radius 2 is 2.06 bits per heavy atom. The largest absolute Gasteiger partial charge is 0.394 e. The third kappa shape index (κ3) is 5.10. The number of amides is 1. The summed E-state index contributed by atoms with van der Waals surface area (Å²) in [6.07, 6.45) is 3.39. The molecule has 4 aromatic rings. The lowest BCUT2D eigenvalue weighted by molar-refractivity contribution is 0.0942. The standard InChI is InChI=1S/C23H22ClFN6O2/c1-13(12-32)27-23-26-11-16-4-3-15(10-20(16)28-23)22(33)29-21(19-7-8-31(2)30-19)14-5-6-17(24)18(25)9-14/h3-11,13,21,32H,12H2,1-2H3,(H,29,33)(H,26,27,28). The van der Waals surface area contributed by atoms with E-state index in [1.807, 2.05) is 0 Å². The average molecular weight is 469 g/mol. The van der Waals surface area contributed by atoms with Crippen molar-refractivity contribution in [3.8, 4) is 0 Å². The molecule has 0 aliphatic rings. The van der Waals surface area contributed by atoms with Crippen molar-refractivity contribution in [2.24, 2.45) is 7.05 Å². The van der Waals surface area contributed by atoms with Crippen LogP contribution in [0, 0.1) is 5.82 Å². The minimum Gasteiger partial charge on any atom is -0.394 e. The number of nitrogens with one attached hydrogen (secondary N) is 2. The van der Waals surface area contributed by atoms with Crippen LogP contribution in [0.4, 0.5) is 10.3 Å². The molecule has 2 heterocycles. The third-order valence-corrected chi connectivity index (χ3v) is 5.38. The van der Waals surface area contributed by atoms with Gasteiger partial charge >= 0.3 is 0 Å². The van der Waals surface area contributed by atoms with Crippen LogP contribution in [0.25, 0.3) is 10.9 Å². The van der Waals surface area contributed by atoms with Gasteiger partial charge in [-0.1, -0.05) is 23.7 Å². The molecule has 8 nitrogen and oxygen atoms in total. The Balaban J connectivity index is 1.65. The third-order valence-electron chi connectivity index (χ3n) is 5.08. The van der Waals surface area contributed by atoms with Crippen molar-refractivity contribution in [2.75, 3.05) is 11.9 Å². The zero-order chi connectivity index (χ0) is 23.5. The lowest BCUT2D eigenvalue weighted by atomic mass is 10.0. The van der Waals surface area contributed by atoms with Gasteiger partial charge in [-0.3, -0.25) is 9.48 Å². The van der Waals surface area contributed by atoms with Gasteiger partial charge in [0, 0.05) is 36.4 Å². The molecule has 2 aromatic carbocycles. The van der Waals surface area contributed by atoms with Gasteiger partial charge < -0.3 is 15.7 Å². The summed E-state index contributed by atoms with van der Waals surface area (Å²) in [7, 11) is 1.76. The molecule has 0 saturated heterocycles. The van der Waals surface area contributed by atoms with Crippen LogP contribution in [-0.2, 0) is 7.05 Å². The summed E-state index contributed by atoms with van der Waals surface area (Å²) in [6, 6.07) is 10.3. The second-order valence-electron chi connectivity index (χ2n) is 7.69. The molecule has 0 fully saturated rings. The number of aliphatic hydroxyl groups is 1. The Morgan fingerprint density at radius 3 is 2.76 bits per heavy atom. The fraction of sp³-hybridized carbons (Fsp3) is 0.217. The highest BCUT2D eigenvalue weighted by molar-refractivity contribution is 6.30. The van der Waals surface area contributed by atoms with E-state index < -0.39 is 11.9 Å². The molecule has 0 radical (unpaired) electrons. The Labute approximate surface area is 194 Å². The molecule has 170 valence electrons. The summed E-state index contributed by atoms with van der Waals surface area (Å²) in [4.78, 5) is 21.8. The number of hydrogen-bond donors (Lipinski definition) is 3. The van der Waals surface area contributed by atoms with Crippen molar-refractivity contribution in [3.05, 3.63) is 82.5 Å². The maximum Gasteiger partial charge on any atom is 0.252 e. The monoisotopic (exact) mass is 468 g/mol. The number of anilines is 1. The number of hydrogen-bond acceptors (Lipinski definition) is 6. The Hall–Kier alpha value is -3.56. The molecule has 3 N–H and O–H groups in total. The van der Waals surface area contributed by atoms with Crippen LogP contribution in [0.2, 0.25) is 5.02 Å². The maximum absolute atomic E-state index is 14.1. The number of aliphatic hydroxyl groups excluding tert-OH is 1. The first kappa shape index (κ1) is 22.6. The maximum atomic E-state index is 14.1. The number of nitrogens with zero attached hydrogens (tertiary/aromatic N) is 4. The molecule has 2 unspecified atom stereocenters. The Morgan fingerprint density at radius 1 is 1.24 bits per heavy atom. The number of aryl methyl sites for hydroxylation is 1. The van der Waals surface area contributed by atoms with Gasteiger partial charge in [0.05, 0.1) is 28.9 Å². The zero-order valence-corrected chi connectivity index (χ0v) is 18.7. The van der Waals surface area contributed by atoms with Crippen LogP contribution in [0.5, 0.6) is 0 Å². The predicted octanol–water partition coefficient (Wildman–Crippen LogP) is 3.47. The van der Waals surface area contributed by atoms with Crippen LogP contribution in [0.3, 0.4) is 0 Å². The second-order valence-corrected chi connectivity index (χ2v) is 8.10. The van der Waals surface area contributed by atoms with E-state index in [1.54, 1.807) is 61.4 Å². The summed E-state index contributed by atoms with van der Waals surface area (Å²) >= 11 is 5.83. The molecule has 0 aliphatic heterocycles. The van der Waals surface area contributed by atoms with Crippen LogP contribution in [0.15, 0.2) is 54.9 Å². The SMILES string of the molecule is CC(CO)Nc1ncc2ccc(C(=O)NC(c3ccc(Cl)c(F)c3)c3ccn(C)n3)cc2n1. The lowest BCUT2D eigenvalue weighted by Gasteiger charge is -2.18. The van der Waals surface area contributed by atoms with Gasteiger partial charge in [-0.15, -0.1) is 0 Å². The van der Waals surface area contributed by atoms with Crippen molar-refractivity contribution >= 4 is 34.4 Å². The van der Waals surface area contributed by atoms with Crippen molar-refractivity contribution < 1.29 is 14.3 Å². The van der Waals surface area contributed by atoms with Gasteiger partial charge in [0.1, 0.15) is 5.82 Å². The molecular formula is C23H22ClFN6O2. The quantitative estimate of drug-likeness (QED) is 0.383. The molecule has 0 spiro atoms. The molecule has 0 saturated carbocycles. The van der Waals surface area contributed by atoms with Gasteiger partial charge in [-0.05, 0) is 42.8 Å². The summed E-state index contributed by atoms with van der Waals surface area (Å²) in [5, 5.41) is 20.3. The molecule has 10 heteroatoms. The highest BCUT2D eigenvalue weighted by Crippen LogP contribution is 2.25. The number of halogens is 2. The molecular weight excluding hydrogens is 447 g/mol. The minimum atomic E-state index is -0.686. The van der Waals surface area contributed by atoms with E-state index in [0.717, 1.165) is 5.39 Å². The smallest absolute Gasteiger partial charge is 0.252 e. The van der Waals surface area contributed by atoms with Crippen LogP contribution >= 0.6 is 11.6 Å². The van der Waals surface area contributed by atoms with E-state index in [4.69, 9.17) is 11.6 Å². The molecule has 33 heavy (non-hydrogen) atoms. The van der Waals surface area contributed by atoms with E-state index in [9.17, 15) is 14.3 Å². The summed E-state index contributed by atoms with van der Waals surface area (Å²) in [5.41, 5.74) is 2.01. The van der Waals surface area contributed by atoms with E-state index >= 15 is 0 Å². The molecule has 1 amide bonds. The van der Waals surface area contributed by atoms with Crippen molar-refractivity contribution in [3.63, 3.8) is 0 Å². The van der Waals surface area contributed by atoms with E-state index in [-0.39, 0.29) is 23.6 Å². The summed E-state index contributed by atoms with van der Waals surface area (Å²) in [6.45, 7) is 1.73. The molecule has 4 rings (SSSR count). The fourth-order valence-corrected chi connectivity index (χ4v) is 3.44. The summed E-state index contributed by atoms with van der Waals surface area (Å²) in [5.74, 6) is -0.603. The van der Waals surface area contributed by atoms with Gasteiger partial charge in [-0.2, -0.15) is 5.10 Å². The molecule has 2 aromatic heterocycles. The summed E-state index contributed by atoms with van der Waals surface area (Å²) < 4.78 is 15.7. The number of fused-ring (bicyclic) bond motifs is 1. The topological polar surface area (TPSA) is 105 Å². The first-order valence-corrected chi connectivity index (χ1v) is 10.6. The molecule has 0 bridgehead atoms. The number of carbonyl (C=O) groups excluding carboxylic acids is 1. The predicted molar refractivity (Wildman–Crippen MR) is 124 cm³/mol. The Bertz CT molecular complexity index is 1310. The van der Waals surface area contributed by atoms with Crippen LogP contribution < -0.4 is 10.6 Å². The number of rotatable bonds is 7. The highest BCUT2D eigenvalue weighted by atomic mass is 35.5. The normalized spacial score (nSPS) is 13.0. The lowest BCUT2D eigenvalue weighted by Crippen LogP contribution is -2.30. The average Bonchev–Trinajstić information content (AvgIpc) is 3.24. The van der Waals surface area contributed by atoms with Crippen molar-refractivity contribution in [1.82, 2.24) is 25.1 Å². The first-order valence-electron chi connectivity index (χ1n) is 10.2. The zero-order valence-electron chi connectivity index (χ0n) is 18.0. The van der Waals surface area contributed by atoms with Gasteiger partial charge in [-0.25, -0.2) is 14.4 Å². The van der Waals surface area contributed by atoms with E-state index in [1.165, 1.54) is 12.1 Å². The van der Waals surface area contributed by atoms with Crippen LogP contribution in [0.1, 0.15) is 34.6 Å². The Kier molecular flexibility index (Phi) is 6.52. The van der Waals surface area contributed by atoms with Gasteiger partial charge in [0.2, 0.25) is 5.95 Å². The highest BCUT2D eigenvalue weighted by Gasteiger charge is 2.21. The van der Waals surface area contributed by atoms with E-state index in [0.29, 0.717) is 28.3 Å². The second kappa shape index (κ2) is 9.51. The molecule has 0 aliphatic carbocycles. The van der Waals surface area contributed by atoms with Gasteiger partial charge in [0.25, 0.3) is 5.91 Å². The molecule has 2 atom stereocenters. The van der Waals surface area contributed by atoms with Crippen molar-refractivity contribution in [2.45, 2.75) is 19.0 Å². The fourth-order valence-electron chi connectivity index (χ4n) is 3.32. The van der Waals surface area contributed by atoms with Gasteiger partial charge in [0.15, 0.2) is 0 Å². The first-order chi connectivity index (χ1) is 15.8. The number of benzene rings is 2. The minimum absolute atomic E-state index is 0.000935. The number of carbonyl (C=O) groups is 1. The van der Waals surface area contributed by atoms with Crippen LogP contribution in [-0.4, -0.2) is 43.4 Å². The number of aromatic nitrogens is 4. The van der Waals surface area contributed by atoms with Crippen molar-refractivity contribution in [1.29, 1.82) is 0 Å². The van der Waals surface area contributed by atoms with E-state index in [2.05, 4.69) is 25.7 Å².